The van der Waals surface area contributed by atoms with Crippen LogP contribution in [0.2, 0.25) is 0 Å². The number of nitrogens with zero attached hydrogens (tertiary/aromatic N) is 4. The van der Waals surface area contributed by atoms with E-state index in [4.69, 9.17) is 20.9 Å². The smallest absolute Gasteiger partial charge is 0.319 e. The number of fused-ring (bicyclic) bond motifs is 6. The molecule has 8 rings (SSSR count). The first-order valence-corrected chi connectivity index (χ1v) is 15.9. The van der Waals surface area contributed by atoms with Gasteiger partial charge in [-0.3, -0.25) is 4.90 Å². The summed E-state index contributed by atoms with van der Waals surface area (Å²) in [5.41, 5.74) is 0.306. The summed E-state index contributed by atoms with van der Waals surface area (Å²) in [4.78, 5) is 13.9. The molecule has 3 aromatic carbocycles. The van der Waals surface area contributed by atoms with Gasteiger partial charge in [0.15, 0.2) is 5.82 Å². The maximum atomic E-state index is 16.8. The fourth-order valence-electron chi connectivity index (χ4n) is 7.90. The molecule has 45 heavy (non-hydrogen) atoms. The lowest BCUT2D eigenvalue weighted by molar-refractivity contribution is -0.0161. The summed E-state index contributed by atoms with van der Waals surface area (Å²) < 4.78 is 44.7. The fraction of sp³-hybridized carbons (Fsp3) is 0.429. The quantitative estimate of drug-likeness (QED) is 0.224. The first-order chi connectivity index (χ1) is 22.0. The van der Waals surface area contributed by atoms with Gasteiger partial charge in [0.1, 0.15) is 22.9 Å². The van der Waals surface area contributed by atoms with Crippen molar-refractivity contribution in [3.63, 3.8) is 0 Å². The van der Waals surface area contributed by atoms with Crippen molar-refractivity contribution in [3.05, 3.63) is 53.6 Å². The summed E-state index contributed by atoms with van der Waals surface area (Å²) in [5, 5.41) is 15.5. The highest BCUT2D eigenvalue weighted by Crippen LogP contribution is 2.41. The van der Waals surface area contributed by atoms with E-state index in [1.807, 2.05) is 0 Å². The zero-order chi connectivity index (χ0) is 30.7. The lowest BCUT2D eigenvalue weighted by Crippen LogP contribution is -2.51. The number of hydrogen-bond acceptors (Lipinski definition) is 8. The zero-order valence-corrected chi connectivity index (χ0v) is 24.9. The Morgan fingerprint density at radius 2 is 1.82 bits per heavy atom. The normalized spacial score (nSPS) is 24.4. The number of phenolic OH excluding ortho intramolecular Hbond substituents is 1. The minimum absolute atomic E-state index is 0.0295. The number of aromatic hydroxyl groups is 1. The van der Waals surface area contributed by atoms with Crippen molar-refractivity contribution in [2.75, 3.05) is 44.4 Å². The number of phenols is 1. The summed E-state index contributed by atoms with van der Waals surface area (Å²) in [6.07, 6.45) is 11.0. The van der Waals surface area contributed by atoms with E-state index in [1.165, 1.54) is 18.2 Å². The third kappa shape index (κ3) is 5.03. The predicted molar refractivity (Wildman–Crippen MR) is 169 cm³/mol. The largest absolute Gasteiger partial charge is 0.508 e. The molecule has 232 valence electrons. The molecule has 4 fully saturated rings. The standard InChI is InChI=1S/C35H35F2N5O3/c1-2-20-5-3-6-21-13-26(43)14-27(30(20)21)31-29(36)15-28-33(32(31)37)39-35(40-34(28)41-16-22-7-8-23(17-41)38-22)45-12-4-11-42-24-9-10-25(42)19-44-18-24/h1,3,5-6,13-15,22-25,38,43H,4,7-12,16-19H2. The number of halogens is 2. The molecule has 4 aliphatic heterocycles. The third-order valence-corrected chi connectivity index (χ3v) is 9.93. The highest BCUT2D eigenvalue weighted by Gasteiger charge is 2.37. The Kier molecular flexibility index (Phi) is 7.20. The Bertz CT molecular complexity index is 1820. The van der Waals surface area contributed by atoms with E-state index in [1.54, 1.807) is 18.2 Å². The van der Waals surface area contributed by atoms with Crippen LogP contribution in [0.4, 0.5) is 14.6 Å². The SMILES string of the molecule is C#Cc1cccc2cc(O)cc(-c3c(F)cc4c(N5CC6CCC(C5)N6)nc(OCCCN5C6CCC5COC6)nc4c3F)c12. The highest BCUT2D eigenvalue weighted by atomic mass is 19.1. The van der Waals surface area contributed by atoms with Crippen molar-refractivity contribution in [3.8, 4) is 35.2 Å². The van der Waals surface area contributed by atoms with Crippen molar-refractivity contribution < 1.29 is 23.4 Å². The van der Waals surface area contributed by atoms with Gasteiger partial charge in [-0.1, -0.05) is 18.1 Å². The molecular formula is C35H35F2N5O3. The molecule has 1 aromatic heterocycles. The van der Waals surface area contributed by atoms with E-state index < -0.39 is 11.6 Å². The molecule has 4 unspecified atom stereocenters. The summed E-state index contributed by atoms with van der Waals surface area (Å²) in [6, 6.07) is 11.0. The predicted octanol–water partition coefficient (Wildman–Crippen LogP) is 4.99. The number of anilines is 1. The Morgan fingerprint density at radius 3 is 2.58 bits per heavy atom. The number of hydrogen-bond donors (Lipinski definition) is 2. The van der Waals surface area contributed by atoms with E-state index >= 15 is 8.78 Å². The van der Waals surface area contributed by atoms with Gasteiger partial charge in [-0.2, -0.15) is 9.97 Å². The molecule has 4 bridgehead atoms. The van der Waals surface area contributed by atoms with E-state index in [0.717, 1.165) is 51.9 Å². The van der Waals surface area contributed by atoms with Crippen molar-refractivity contribution in [1.82, 2.24) is 20.2 Å². The Hall–Kier alpha value is -4.04. The van der Waals surface area contributed by atoms with Crippen LogP contribution >= 0.6 is 0 Å². The van der Waals surface area contributed by atoms with Crippen molar-refractivity contribution >= 4 is 27.5 Å². The van der Waals surface area contributed by atoms with Gasteiger partial charge in [-0.05, 0) is 61.8 Å². The number of terminal acetylenes is 1. The van der Waals surface area contributed by atoms with Crippen LogP contribution in [0.1, 0.15) is 37.7 Å². The van der Waals surface area contributed by atoms with E-state index in [-0.39, 0.29) is 45.9 Å². The second-order valence-electron chi connectivity index (χ2n) is 12.7. The summed E-state index contributed by atoms with van der Waals surface area (Å²) >= 11 is 0. The second kappa shape index (κ2) is 11.4. The number of piperazine rings is 1. The van der Waals surface area contributed by atoms with Crippen LogP contribution in [0, 0.1) is 24.0 Å². The lowest BCUT2D eigenvalue weighted by atomic mass is 9.93. The van der Waals surface area contributed by atoms with Gasteiger partial charge in [0.05, 0.1) is 25.4 Å². The molecule has 0 saturated carbocycles. The first kappa shape index (κ1) is 28.4. The van der Waals surface area contributed by atoms with Crippen LogP contribution in [0.25, 0.3) is 32.8 Å². The van der Waals surface area contributed by atoms with Crippen molar-refractivity contribution in [2.24, 2.45) is 0 Å². The number of rotatable bonds is 7. The van der Waals surface area contributed by atoms with Crippen LogP contribution in [0.5, 0.6) is 11.8 Å². The average Bonchev–Trinajstić information content (AvgIpc) is 3.48. The Balaban J connectivity index is 1.19. The Labute approximate surface area is 260 Å². The average molecular weight is 612 g/mol. The van der Waals surface area contributed by atoms with Crippen molar-refractivity contribution in [2.45, 2.75) is 56.3 Å². The molecule has 4 saturated heterocycles. The third-order valence-electron chi connectivity index (χ3n) is 9.93. The molecule has 4 atom stereocenters. The topological polar surface area (TPSA) is 83.0 Å². The number of aromatic nitrogens is 2. The minimum atomic E-state index is -0.847. The van der Waals surface area contributed by atoms with Gasteiger partial charge >= 0.3 is 6.01 Å². The maximum absolute atomic E-state index is 16.8. The summed E-state index contributed by atoms with van der Waals surface area (Å²) in [5.74, 6) is 1.33. The van der Waals surface area contributed by atoms with Crippen LogP contribution in [0.3, 0.4) is 0 Å². The zero-order valence-electron chi connectivity index (χ0n) is 24.9. The monoisotopic (exact) mass is 611 g/mol. The number of nitrogens with one attached hydrogen (secondary N) is 1. The van der Waals surface area contributed by atoms with Gasteiger partial charge in [-0.15, -0.1) is 6.42 Å². The Morgan fingerprint density at radius 1 is 1.04 bits per heavy atom. The van der Waals surface area contributed by atoms with E-state index in [2.05, 4.69) is 26.0 Å². The van der Waals surface area contributed by atoms with Crippen LogP contribution in [0.15, 0.2) is 36.4 Å². The van der Waals surface area contributed by atoms with Crippen LogP contribution < -0.4 is 15.0 Å². The number of benzene rings is 3. The van der Waals surface area contributed by atoms with Gasteiger partial charge in [0, 0.05) is 65.7 Å². The summed E-state index contributed by atoms with van der Waals surface area (Å²) in [7, 11) is 0. The molecule has 10 heteroatoms. The van der Waals surface area contributed by atoms with Crippen LogP contribution in [-0.4, -0.2) is 83.6 Å². The molecule has 0 amide bonds. The van der Waals surface area contributed by atoms with Gasteiger partial charge in [0.2, 0.25) is 0 Å². The van der Waals surface area contributed by atoms with Crippen LogP contribution in [-0.2, 0) is 4.74 Å². The first-order valence-electron chi connectivity index (χ1n) is 15.9. The maximum Gasteiger partial charge on any atom is 0.319 e. The van der Waals surface area contributed by atoms with Gasteiger partial charge in [-0.25, -0.2) is 8.78 Å². The van der Waals surface area contributed by atoms with Gasteiger partial charge in [0.25, 0.3) is 0 Å². The molecule has 4 aromatic rings. The number of ether oxygens (including phenoxy) is 2. The highest BCUT2D eigenvalue weighted by molar-refractivity contribution is 6.04. The van der Waals surface area contributed by atoms with Gasteiger partial charge < -0.3 is 24.8 Å². The minimum Gasteiger partial charge on any atom is -0.508 e. The lowest BCUT2D eigenvalue weighted by Gasteiger charge is -2.34. The molecule has 0 aliphatic carbocycles. The summed E-state index contributed by atoms with van der Waals surface area (Å²) in [6.45, 7) is 4.15. The van der Waals surface area contributed by atoms with Crippen molar-refractivity contribution in [1.29, 1.82) is 0 Å². The fourth-order valence-corrected chi connectivity index (χ4v) is 7.90. The molecule has 8 nitrogen and oxygen atoms in total. The van der Waals surface area contributed by atoms with E-state index in [0.29, 0.717) is 53.9 Å². The molecule has 0 radical (unpaired) electrons. The van der Waals surface area contributed by atoms with E-state index in [9.17, 15) is 5.11 Å². The molecule has 2 N–H and O–H groups in total. The molecular weight excluding hydrogens is 576 g/mol. The molecule has 4 aliphatic rings. The molecule has 5 heterocycles. The molecule has 0 spiro atoms. The second-order valence-corrected chi connectivity index (χ2v) is 12.7. The number of morpholine rings is 1.